The van der Waals surface area contributed by atoms with Crippen molar-refractivity contribution in [2.75, 3.05) is 13.2 Å². The summed E-state index contributed by atoms with van der Waals surface area (Å²) in [5.74, 6) is 0. The Morgan fingerprint density at radius 3 is 2.70 bits per heavy atom. The van der Waals surface area contributed by atoms with Gasteiger partial charge in [-0.05, 0) is 6.08 Å². The van der Waals surface area contributed by atoms with E-state index in [0.29, 0.717) is 6.54 Å². The molecule has 0 aromatic carbocycles. The number of aliphatic hydroxyl groups excluding tert-OH is 1. The fourth-order valence-electron chi connectivity index (χ4n) is 0.469. The summed E-state index contributed by atoms with van der Waals surface area (Å²) in [4.78, 5) is 1.56. The Kier molecular flexibility index (Phi) is 5.38. The summed E-state index contributed by atoms with van der Waals surface area (Å²) in [5, 5.41) is 15.3. The average Bonchev–Trinajstić information content (AvgIpc) is 1.98. The zero-order chi connectivity index (χ0) is 7.82. The Labute approximate surface area is 60.8 Å². The number of rotatable bonds is 5. The maximum Gasteiger partial charge on any atom is 0.0857 e. The lowest BCUT2D eigenvalue weighted by molar-refractivity contribution is 0.272. The molecule has 56 valence electrons. The van der Waals surface area contributed by atoms with Crippen molar-refractivity contribution in [3.05, 3.63) is 24.9 Å². The Balaban J connectivity index is 3.69. The standard InChI is InChI=1S/C7H12N2O/c1-2-3-4-9(7-8)5-6-10/h2-4,7-8,10H,1,5-6H2/b4-3+,8-7?. The largest absolute Gasteiger partial charge is 0.395 e. The minimum absolute atomic E-state index is 0.0524. The first kappa shape index (κ1) is 8.91. The monoisotopic (exact) mass is 140 g/mol. The highest BCUT2D eigenvalue weighted by Crippen LogP contribution is 1.83. The molecule has 0 atom stereocenters. The van der Waals surface area contributed by atoms with Gasteiger partial charge in [0.1, 0.15) is 0 Å². The predicted octanol–water partition coefficient (Wildman–Crippen LogP) is 0.587. The molecule has 0 spiro atoms. The number of aliphatic hydroxyl groups is 1. The maximum absolute atomic E-state index is 8.46. The highest BCUT2D eigenvalue weighted by Gasteiger charge is 1.88. The fourth-order valence-corrected chi connectivity index (χ4v) is 0.469. The van der Waals surface area contributed by atoms with Crippen molar-refractivity contribution >= 4 is 6.34 Å². The van der Waals surface area contributed by atoms with Crippen molar-refractivity contribution in [3.63, 3.8) is 0 Å². The first-order chi connectivity index (χ1) is 4.85. The van der Waals surface area contributed by atoms with Gasteiger partial charge in [-0.1, -0.05) is 12.7 Å². The molecule has 0 aliphatic rings. The lowest BCUT2D eigenvalue weighted by Crippen LogP contribution is -2.18. The molecule has 0 unspecified atom stereocenters. The Hall–Kier alpha value is -1.09. The number of allylic oxidation sites excluding steroid dienone is 2. The molecule has 2 N–H and O–H groups in total. The van der Waals surface area contributed by atoms with Crippen LogP contribution in [0.15, 0.2) is 24.9 Å². The Bertz CT molecular complexity index is 132. The van der Waals surface area contributed by atoms with Crippen LogP contribution in [0.25, 0.3) is 0 Å². The highest BCUT2D eigenvalue weighted by molar-refractivity contribution is 5.52. The molecule has 0 saturated heterocycles. The van der Waals surface area contributed by atoms with Crippen molar-refractivity contribution in [2.45, 2.75) is 0 Å². The summed E-state index contributed by atoms with van der Waals surface area (Å²) in [6.07, 6.45) is 6.15. The Morgan fingerprint density at radius 2 is 2.30 bits per heavy atom. The normalized spacial score (nSPS) is 9.70. The van der Waals surface area contributed by atoms with E-state index in [2.05, 4.69) is 6.58 Å². The first-order valence-corrected chi connectivity index (χ1v) is 3.01. The van der Waals surface area contributed by atoms with Gasteiger partial charge in [-0.15, -0.1) is 0 Å². The van der Waals surface area contributed by atoms with Crippen LogP contribution < -0.4 is 0 Å². The number of hydrogen-bond donors (Lipinski definition) is 2. The first-order valence-electron chi connectivity index (χ1n) is 3.01. The predicted molar refractivity (Wildman–Crippen MR) is 41.9 cm³/mol. The van der Waals surface area contributed by atoms with Crippen molar-refractivity contribution < 1.29 is 5.11 Å². The number of nitrogens with zero attached hydrogens (tertiary/aromatic N) is 1. The van der Waals surface area contributed by atoms with Crippen LogP contribution in [0.1, 0.15) is 0 Å². The summed E-state index contributed by atoms with van der Waals surface area (Å²) in [7, 11) is 0. The molecular weight excluding hydrogens is 128 g/mol. The van der Waals surface area contributed by atoms with Crippen molar-refractivity contribution in [3.8, 4) is 0 Å². The molecule has 0 rings (SSSR count). The summed E-state index contributed by atoms with van der Waals surface area (Å²) < 4.78 is 0. The summed E-state index contributed by atoms with van der Waals surface area (Å²) in [6.45, 7) is 3.98. The average molecular weight is 140 g/mol. The van der Waals surface area contributed by atoms with Crippen molar-refractivity contribution in [2.24, 2.45) is 0 Å². The van der Waals surface area contributed by atoms with E-state index in [-0.39, 0.29) is 6.61 Å². The molecule has 0 aliphatic carbocycles. The molecule has 0 radical (unpaired) electrons. The van der Waals surface area contributed by atoms with Gasteiger partial charge >= 0.3 is 0 Å². The van der Waals surface area contributed by atoms with Gasteiger partial charge in [0.2, 0.25) is 0 Å². The van der Waals surface area contributed by atoms with E-state index in [9.17, 15) is 0 Å². The van der Waals surface area contributed by atoms with Gasteiger partial charge < -0.3 is 10.0 Å². The Morgan fingerprint density at radius 1 is 1.60 bits per heavy atom. The second kappa shape index (κ2) is 6.04. The third-order valence-electron chi connectivity index (χ3n) is 0.938. The van der Waals surface area contributed by atoms with Crippen molar-refractivity contribution in [1.82, 2.24) is 4.90 Å². The van der Waals surface area contributed by atoms with E-state index in [1.54, 1.807) is 23.3 Å². The maximum atomic E-state index is 8.46. The smallest absolute Gasteiger partial charge is 0.0857 e. The van der Waals surface area contributed by atoms with Gasteiger partial charge in [-0.2, -0.15) is 0 Å². The minimum atomic E-state index is 0.0524. The van der Waals surface area contributed by atoms with Crippen LogP contribution in [0.4, 0.5) is 0 Å². The highest BCUT2D eigenvalue weighted by atomic mass is 16.3. The number of hydrogen-bond acceptors (Lipinski definition) is 2. The van der Waals surface area contributed by atoms with Crippen LogP contribution >= 0.6 is 0 Å². The van der Waals surface area contributed by atoms with Gasteiger partial charge in [0, 0.05) is 12.7 Å². The molecule has 0 bridgehead atoms. The van der Waals surface area contributed by atoms with Crippen LogP contribution in [0, 0.1) is 5.41 Å². The summed E-state index contributed by atoms with van der Waals surface area (Å²) in [5.41, 5.74) is 0. The molecule has 10 heavy (non-hydrogen) atoms. The van der Waals surface area contributed by atoms with Gasteiger partial charge in [-0.3, -0.25) is 5.41 Å². The van der Waals surface area contributed by atoms with E-state index in [0.717, 1.165) is 6.34 Å². The van der Waals surface area contributed by atoms with E-state index in [4.69, 9.17) is 10.5 Å². The zero-order valence-electron chi connectivity index (χ0n) is 5.83. The molecule has 0 heterocycles. The molecule has 3 nitrogen and oxygen atoms in total. The fraction of sp³-hybridized carbons (Fsp3) is 0.286. The van der Waals surface area contributed by atoms with Crippen LogP contribution in [-0.2, 0) is 0 Å². The van der Waals surface area contributed by atoms with Gasteiger partial charge in [-0.25, -0.2) is 0 Å². The third-order valence-corrected chi connectivity index (χ3v) is 0.938. The number of nitrogens with one attached hydrogen (secondary N) is 1. The van der Waals surface area contributed by atoms with Gasteiger partial charge in [0.05, 0.1) is 12.9 Å². The van der Waals surface area contributed by atoms with E-state index >= 15 is 0 Å². The second-order valence-corrected chi connectivity index (χ2v) is 1.67. The quantitative estimate of drug-likeness (QED) is 0.333. The van der Waals surface area contributed by atoms with Crippen LogP contribution in [0.5, 0.6) is 0 Å². The van der Waals surface area contributed by atoms with Crippen molar-refractivity contribution in [1.29, 1.82) is 5.41 Å². The molecule has 0 amide bonds. The zero-order valence-corrected chi connectivity index (χ0v) is 5.83. The SMILES string of the molecule is C=C/C=C/N(C=N)CCO. The molecule has 0 saturated carbocycles. The van der Waals surface area contributed by atoms with Gasteiger partial charge in [0.25, 0.3) is 0 Å². The second-order valence-electron chi connectivity index (χ2n) is 1.67. The van der Waals surface area contributed by atoms with E-state index < -0.39 is 0 Å². The molecule has 0 fully saturated rings. The summed E-state index contributed by atoms with van der Waals surface area (Å²) in [6, 6.07) is 0. The van der Waals surface area contributed by atoms with Crippen LogP contribution in [0.2, 0.25) is 0 Å². The molecule has 3 heteroatoms. The minimum Gasteiger partial charge on any atom is -0.395 e. The topological polar surface area (TPSA) is 47.3 Å². The van der Waals surface area contributed by atoms with Crippen LogP contribution in [0.3, 0.4) is 0 Å². The van der Waals surface area contributed by atoms with E-state index in [1.165, 1.54) is 0 Å². The van der Waals surface area contributed by atoms with Gasteiger partial charge in [0.15, 0.2) is 0 Å². The lowest BCUT2D eigenvalue weighted by atomic mass is 10.5. The summed E-state index contributed by atoms with van der Waals surface area (Å²) >= 11 is 0. The molecule has 0 aliphatic heterocycles. The third kappa shape index (κ3) is 3.86. The molecular formula is C7H12N2O. The lowest BCUT2D eigenvalue weighted by Gasteiger charge is -2.09. The molecule has 0 aromatic heterocycles. The van der Waals surface area contributed by atoms with E-state index in [1.807, 2.05) is 0 Å². The molecule has 0 aromatic rings. The van der Waals surface area contributed by atoms with Crippen LogP contribution in [-0.4, -0.2) is 29.5 Å².